The Morgan fingerprint density at radius 2 is 1.17 bits per heavy atom. The topological polar surface area (TPSA) is 170 Å². The zero-order valence-corrected chi connectivity index (χ0v) is 24.5. The smallest absolute Gasteiger partial charge is 0.408 e. The van der Waals surface area contributed by atoms with Crippen molar-refractivity contribution in [3.05, 3.63) is 59.2 Å². The van der Waals surface area contributed by atoms with Gasteiger partial charge in [0, 0.05) is 5.56 Å². The molecule has 0 aromatic heterocycles. The van der Waals surface area contributed by atoms with Gasteiger partial charge in [0.25, 0.3) is 0 Å². The molecule has 42 heavy (non-hydrogen) atoms. The minimum atomic E-state index is -1.48. The van der Waals surface area contributed by atoms with E-state index in [4.69, 9.17) is 24.1 Å². The van der Waals surface area contributed by atoms with Gasteiger partial charge in [0.05, 0.1) is 14.2 Å². The quantitative estimate of drug-likeness (QED) is 0.325. The predicted molar refractivity (Wildman–Crippen MR) is 145 cm³/mol. The van der Waals surface area contributed by atoms with Gasteiger partial charge in [-0.1, -0.05) is 6.07 Å². The average Bonchev–Trinajstić information content (AvgIpc) is 2.83. The average molecular weight is 599 g/mol. The van der Waals surface area contributed by atoms with Crippen molar-refractivity contribution in [1.29, 1.82) is 0 Å². The standard InChI is InChI=1S/2C14H18FNO5/c1-14(2,3)21-13(19)16-11(12(17)18)9-7-8(15)5-6-10(9)20-4;1-14(2,3)21-13(19)16-11(12(17)18)8-5-6-10(20-4)9(15)7-8/h2*5-7,11H,1-4H3,(H,16,19)(H,17,18). The number of hydrogen-bond acceptors (Lipinski definition) is 8. The van der Waals surface area contributed by atoms with Crippen molar-refractivity contribution in [3.8, 4) is 11.5 Å². The number of halogens is 2. The third kappa shape index (κ3) is 11.9. The van der Waals surface area contributed by atoms with E-state index in [9.17, 15) is 33.1 Å². The van der Waals surface area contributed by atoms with Crippen molar-refractivity contribution < 1.29 is 57.1 Å². The molecule has 0 spiro atoms. The highest BCUT2D eigenvalue weighted by Crippen LogP contribution is 2.27. The van der Waals surface area contributed by atoms with Crippen molar-refractivity contribution in [2.45, 2.75) is 64.8 Å². The number of methoxy groups -OCH3 is 2. The number of nitrogens with one attached hydrogen (secondary N) is 2. The molecule has 12 nitrogen and oxygen atoms in total. The lowest BCUT2D eigenvalue weighted by molar-refractivity contribution is -0.140. The minimum Gasteiger partial charge on any atom is -0.496 e. The van der Waals surface area contributed by atoms with E-state index in [1.165, 1.54) is 32.4 Å². The van der Waals surface area contributed by atoms with Crippen molar-refractivity contribution >= 4 is 24.1 Å². The van der Waals surface area contributed by atoms with E-state index in [1.807, 2.05) is 0 Å². The van der Waals surface area contributed by atoms with Gasteiger partial charge < -0.3 is 39.8 Å². The monoisotopic (exact) mass is 598 g/mol. The fraction of sp³-hybridized carbons (Fsp3) is 0.429. The first kappa shape index (κ1) is 35.4. The molecule has 0 radical (unpaired) electrons. The van der Waals surface area contributed by atoms with E-state index >= 15 is 0 Å². The number of rotatable bonds is 8. The Morgan fingerprint density at radius 3 is 1.57 bits per heavy atom. The number of carbonyl (C=O) groups excluding carboxylic acids is 2. The zero-order valence-electron chi connectivity index (χ0n) is 24.5. The summed E-state index contributed by atoms with van der Waals surface area (Å²) in [6.07, 6.45) is -1.81. The van der Waals surface area contributed by atoms with Gasteiger partial charge >= 0.3 is 24.1 Å². The first-order chi connectivity index (χ1) is 19.3. The van der Waals surface area contributed by atoms with Gasteiger partial charge in [0.1, 0.15) is 22.8 Å². The SMILES string of the molecule is COc1ccc(C(NC(=O)OC(C)(C)C)C(=O)O)cc1F.COc1ccc(F)cc1C(NC(=O)OC(C)(C)C)C(=O)O. The Labute approximate surface area is 241 Å². The van der Waals surface area contributed by atoms with E-state index in [0.717, 1.165) is 18.2 Å². The number of hydrogen-bond donors (Lipinski definition) is 4. The van der Waals surface area contributed by atoms with Gasteiger partial charge in [-0.25, -0.2) is 28.0 Å². The lowest BCUT2D eigenvalue weighted by atomic mass is 10.1. The summed E-state index contributed by atoms with van der Waals surface area (Å²) < 4.78 is 46.7. The Balaban J connectivity index is 0.000000420. The molecule has 2 amide bonds. The Hall–Kier alpha value is -4.62. The molecule has 0 bridgehead atoms. The molecule has 4 N–H and O–H groups in total. The molecule has 0 saturated carbocycles. The molecule has 232 valence electrons. The van der Waals surface area contributed by atoms with E-state index in [1.54, 1.807) is 41.5 Å². The molecule has 2 atom stereocenters. The second kappa shape index (κ2) is 14.8. The van der Waals surface area contributed by atoms with Crippen LogP contribution in [0.2, 0.25) is 0 Å². The summed E-state index contributed by atoms with van der Waals surface area (Å²) >= 11 is 0. The second-order valence-corrected chi connectivity index (χ2v) is 10.6. The van der Waals surface area contributed by atoms with Crippen LogP contribution in [-0.2, 0) is 19.1 Å². The molecule has 0 aliphatic rings. The number of ether oxygens (including phenoxy) is 4. The molecule has 14 heteroatoms. The summed E-state index contributed by atoms with van der Waals surface area (Å²) in [6.45, 7) is 9.88. The number of amides is 2. The minimum absolute atomic E-state index is 0.00383. The summed E-state index contributed by atoms with van der Waals surface area (Å²) in [5, 5.41) is 22.8. The van der Waals surface area contributed by atoms with Gasteiger partial charge in [-0.05, 0) is 77.4 Å². The summed E-state index contributed by atoms with van der Waals surface area (Å²) in [5.41, 5.74) is -1.47. The third-order valence-electron chi connectivity index (χ3n) is 4.83. The maximum absolute atomic E-state index is 13.6. The molecule has 0 heterocycles. The van der Waals surface area contributed by atoms with E-state index in [2.05, 4.69) is 10.6 Å². The molecular formula is C28H36F2N2O10. The maximum Gasteiger partial charge on any atom is 0.408 e. The van der Waals surface area contributed by atoms with E-state index in [0.29, 0.717) is 0 Å². The summed E-state index contributed by atoms with van der Waals surface area (Å²) in [6, 6.07) is 4.16. The molecule has 2 aromatic carbocycles. The van der Waals surface area contributed by atoms with Crippen LogP contribution >= 0.6 is 0 Å². The third-order valence-corrected chi connectivity index (χ3v) is 4.83. The molecule has 2 rings (SSSR count). The lowest BCUT2D eigenvalue weighted by Crippen LogP contribution is -2.38. The molecule has 0 saturated heterocycles. The highest BCUT2D eigenvalue weighted by molar-refractivity contribution is 5.82. The van der Waals surface area contributed by atoms with Crippen molar-refractivity contribution in [2.24, 2.45) is 0 Å². The Kier molecular flexibility index (Phi) is 12.5. The van der Waals surface area contributed by atoms with E-state index in [-0.39, 0.29) is 22.6 Å². The zero-order chi connectivity index (χ0) is 32.4. The molecule has 0 aliphatic carbocycles. The highest BCUT2D eigenvalue weighted by Gasteiger charge is 2.29. The van der Waals surface area contributed by atoms with Crippen molar-refractivity contribution in [2.75, 3.05) is 14.2 Å². The van der Waals surface area contributed by atoms with Gasteiger partial charge in [-0.3, -0.25) is 0 Å². The van der Waals surface area contributed by atoms with Crippen LogP contribution in [0.4, 0.5) is 18.4 Å². The number of aliphatic carboxylic acids is 2. The molecule has 0 aliphatic heterocycles. The van der Waals surface area contributed by atoms with Crippen LogP contribution in [0.5, 0.6) is 11.5 Å². The van der Waals surface area contributed by atoms with Crippen LogP contribution in [0.3, 0.4) is 0 Å². The second-order valence-electron chi connectivity index (χ2n) is 10.6. The Bertz CT molecular complexity index is 1270. The van der Waals surface area contributed by atoms with Crippen LogP contribution in [0.15, 0.2) is 36.4 Å². The molecular weight excluding hydrogens is 562 g/mol. The maximum atomic E-state index is 13.6. The summed E-state index contributed by atoms with van der Waals surface area (Å²) in [7, 11) is 2.62. The normalized spacial score (nSPS) is 12.4. The van der Waals surface area contributed by atoms with Gasteiger partial charge in [-0.2, -0.15) is 0 Å². The lowest BCUT2D eigenvalue weighted by Gasteiger charge is -2.22. The number of carboxylic acid groups (broad SMARTS) is 2. The van der Waals surface area contributed by atoms with Gasteiger partial charge in [0.15, 0.2) is 23.7 Å². The first-order valence-corrected chi connectivity index (χ1v) is 12.4. The first-order valence-electron chi connectivity index (χ1n) is 12.4. The molecule has 0 fully saturated rings. The van der Waals surface area contributed by atoms with Crippen LogP contribution in [0.25, 0.3) is 0 Å². The van der Waals surface area contributed by atoms with Crippen LogP contribution < -0.4 is 20.1 Å². The van der Waals surface area contributed by atoms with E-state index < -0.39 is 59.0 Å². The number of carboxylic acids is 2. The highest BCUT2D eigenvalue weighted by atomic mass is 19.1. The number of benzene rings is 2. The number of carbonyl (C=O) groups is 4. The van der Waals surface area contributed by atoms with Gasteiger partial charge in [0.2, 0.25) is 0 Å². The summed E-state index contributed by atoms with van der Waals surface area (Å²) in [5.74, 6) is -3.90. The van der Waals surface area contributed by atoms with Crippen molar-refractivity contribution in [1.82, 2.24) is 10.6 Å². The number of alkyl carbamates (subject to hydrolysis) is 2. The molecule has 2 unspecified atom stereocenters. The van der Waals surface area contributed by atoms with Crippen LogP contribution in [0, 0.1) is 11.6 Å². The van der Waals surface area contributed by atoms with Gasteiger partial charge in [-0.15, -0.1) is 0 Å². The summed E-state index contributed by atoms with van der Waals surface area (Å²) in [4.78, 5) is 45.9. The van der Waals surface area contributed by atoms with Crippen LogP contribution in [0.1, 0.15) is 64.8 Å². The molecule has 2 aromatic rings. The largest absolute Gasteiger partial charge is 0.496 e. The predicted octanol–water partition coefficient (Wildman–Crippen LogP) is 4.97. The van der Waals surface area contributed by atoms with Crippen molar-refractivity contribution in [3.63, 3.8) is 0 Å². The fourth-order valence-corrected chi connectivity index (χ4v) is 3.20. The Morgan fingerprint density at radius 1 is 0.714 bits per heavy atom. The van der Waals surface area contributed by atoms with Crippen LogP contribution in [-0.4, -0.2) is 59.8 Å². The fourth-order valence-electron chi connectivity index (χ4n) is 3.20.